The first kappa shape index (κ1) is 14.7. The lowest BCUT2D eigenvalue weighted by Gasteiger charge is -2.14. The van der Waals surface area contributed by atoms with E-state index in [1.807, 2.05) is 18.2 Å². The Balaban J connectivity index is 2.47. The normalized spacial score (nSPS) is 12.3. The molecule has 5 heteroatoms. The Morgan fingerprint density at radius 2 is 1.95 bits per heavy atom. The van der Waals surface area contributed by atoms with E-state index in [-0.39, 0.29) is 5.38 Å². The van der Waals surface area contributed by atoms with Gasteiger partial charge >= 0.3 is 0 Å². The zero-order chi connectivity index (χ0) is 14.0. The van der Waals surface area contributed by atoms with E-state index in [1.54, 1.807) is 25.6 Å². The molecule has 2 aromatic rings. The van der Waals surface area contributed by atoms with Gasteiger partial charge in [0.25, 0.3) is 0 Å². The van der Waals surface area contributed by atoms with Gasteiger partial charge in [-0.25, -0.2) is 0 Å². The molecule has 2 nitrogen and oxygen atoms in total. The summed E-state index contributed by atoms with van der Waals surface area (Å²) in [5.74, 6) is 1.53. The Bertz CT molecular complexity index is 583. The lowest BCUT2D eigenvalue weighted by molar-refractivity contribution is 0.399. The maximum absolute atomic E-state index is 6.61. The number of methoxy groups -OCH3 is 2. The van der Waals surface area contributed by atoms with E-state index in [9.17, 15) is 0 Å². The summed E-state index contributed by atoms with van der Waals surface area (Å²) in [7, 11) is 3.28. The molecule has 0 fully saturated rings. The lowest BCUT2D eigenvalue weighted by Crippen LogP contribution is -1.97. The molecule has 1 aromatic carbocycles. The van der Waals surface area contributed by atoms with Crippen LogP contribution >= 0.6 is 38.9 Å². The van der Waals surface area contributed by atoms with Gasteiger partial charge in [0.05, 0.1) is 19.6 Å². The summed E-state index contributed by atoms with van der Waals surface area (Å²) in [5, 5.41) is -0.266. The van der Waals surface area contributed by atoms with Gasteiger partial charge in [0.2, 0.25) is 0 Å². The Kier molecular flexibility index (Phi) is 4.76. The molecule has 2 rings (SSSR count). The van der Waals surface area contributed by atoms with Crippen molar-refractivity contribution < 1.29 is 9.47 Å². The summed E-state index contributed by atoms with van der Waals surface area (Å²) in [4.78, 5) is 2.29. The van der Waals surface area contributed by atoms with Crippen LogP contribution < -0.4 is 9.47 Å². The summed E-state index contributed by atoms with van der Waals surface area (Å²) < 4.78 is 11.7. The summed E-state index contributed by atoms with van der Waals surface area (Å²) >= 11 is 11.8. The predicted molar refractivity (Wildman–Crippen MR) is 84.0 cm³/mol. The minimum absolute atomic E-state index is 0.266. The van der Waals surface area contributed by atoms with E-state index in [0.29, 0.717) is 0 Å². The highest BCUT2D eigenvalue weighted by atomic mass is 79.9. The predicted octanol–water partition coefficient (Wildman–Crippen LogP) is 5.16. The van der Waals surface area contributed by atoms with E-state index in [2.05, 4.69) is 28.9 Å². The number of halogens is 2. The fraction of sp³-hybridized carbons (Fsp3) is 0.286. The first-order valence-corrected chi connectivity index (χ1v) is 7.73. The van der Waals surface area contributed by atoms with Crippen LogP contribution in [0.2, 0.25) is 0 Å². The summed E-state index contributed by atoms with van der Waals surface area (Å²) in [6.45, 7) is 2.06. The summed E-state index contributed by atoms with van der Waals surface area (Å²) in [5.41, 5.74) is 0.908. The Labute approximate surface area is 130 Å². The number of thiophene rings is 1. The molecule has 1 aromatic heterocycles. The topological polar surface area (TPSA) is 18.5 Å². The first-order valence-electron chi connectivity index (χ1n) is 5.68. The quantitative estimate of drug-likeness (QED) is 0.700. The van der Waals surface area contributed by atoms with Crippen molar-refractivity contribution >= 4 is 38.9 Å². The van der Waals surface area contributed by atoms with Crippen molar-refractivity contribution in [1.29, 1.82) is 0 Å². The van der Waals surface area contributed by atoms with Gasteiger partial charge in [-0.3, -0.25) is 0 Å². The third-order valence-corrected chi connectivity index (χ3v) is 5.39. The van der Waals surface area contributed by atoms with Gasteiger partial charge in [-0.1, -0.05) is 0 Å². The molecule has 0 aliphatic carbocycles. The first-order chi connectivity index (χ1) is 9.06. The number of hydrogen-bond donors (Lipinski definition) is 0. The third-order valence-electron chi connectivity index (χ3n) is 2.78. The molecule has 0 N–H and O–H groups in total. The van der Waals surface area contributed by atoms with Crippen LogP contribution in [0.3, 0.4) is 0 Å². The molecule has 1 atom stereocenters. The van der Waals surface area contributed by atoms with Gasteiger partial charge in [-0.05, 0) is 47.1 Å². The van der Waals surface area contributed by atoms with E-state index in [0.717, 1.165) is 26.4 Å². The molecule has 0 bridgehead atoms. The van der Waals surface area contributed by atoms with Crippen molar-refractivity contribution in [2.45, 2.75) is 12.3 Å². The van der Waals surface area contributed by atoms with Crippen LogP contribution in [0.25, 0.3) is 0 Å². The fourth-order valence-electron chi connectivity index (χ4n) is 1.85. The van der Waals surface area contributed by atoms with Crippen molar-refractivity contribution in [2.75, 3.05) is 14.2 Å². The van der Waals surface area contributed by atoms with E-state index < -0.39 is 0 Å². The molecule has 0 aliphatic rings. The monoisotopic (exact) mass is 360 g/mol. The van der Waals surface area contributed by atoms with E-state index in [4.69, 9.17) is 21.1 Å². The van der Waals surface area contributed by atoms with Crippen LogP contribution in [-0.2, 0) is 0 Å². The SMILES string of the molecule is COc1ccc(OC)c(C(Cl)c2sc(C)cc2Br)c1. The van der Waals surface area contributed by atoms with E-state index in [1.165, 1.54) is 4.88 Å². The lowest BCUT2D eigenvalue weighted by atomic mass is 10.1. The summed E-state index contributed by atoms with van der Waals surface area (Å²) in [6, 6.07) is 7.72. The number of aryl methyl sites for hydroxylation is 1. The van der Waals surface area contributed by atoms with Crippen molar-refractivity contribution in [3.05, 3.63) is 44.1 Å². The number of benzene rings is 1. The third kappa shape index (κ3) is 3.07. The highest BCUT2D eigenvalue weighted by Gasteiger charge is 2.21. The average Bonchev–Trinajstić information content (AvgIpc) is 2.76. The van der Waals surface area contributed by atoms with Crippen molar-refractivity contribution in [1.82, 2.24) is 0 Å². The molecule has 1 heterocycles. The van der Waals surface area contributed by atoms with Crippen molar-refractivity contribution in [3.63, 3.8) is 0 Å². The second-order valence-electron chi connectivity index (χ2n) is 4.04. The highest BCUT2D eigenvalue weighted by molar-refractivity contribution is 9.10. The molecular weight excluding hydrogens is 348 g/mol. The largest absolute Gasteiger partial charge is 0.497 e. The van der Waals surface area contributed by atoms with Crippen LogP contribution in [0.4, 0.5) is 0 Å². The molecule has 102 valence electrons. The molecule has 19 heavy (non-hydrogen) atoms. The van der Waals surface area contributed by atoms with Gasteiger partial charge < -0.3 is 9.47 Å². The maximum atomic E-state index is 6.61. The second-order valence-corrected chi connectivity index (χ2v) is 6.62. The van der Waals surface area contributed by atoms with Crippen LogP contribution in [-0.4, -0.2) is 14.2 Å². The molecule has 0 radical (unpaired) electrons. The highest BCUT2D eigenvalue weighted by Crippen LogP contribution is 2.43. The zero-order valence-electron chi connectivity index (χ0n) is 10.9. The van der Waals surface area contributed by atoms with Crippen molar-refractivity contribution in [3.8, 4) is 11.5 Å². The molecule has 0 spiro atoms. The van der Waals surface area contributed by atoms with Crippen LogP contribution in [0.15, 0.2) is 28.7 Å². The summed E-state index contributed by atoms with van der Waals surface area (Å²) in [6.07, 6.45) is 0. The van der Waals surface area contributed by atoms with Gasteiger partial charge in [-0.2, -0.15) is 0 Å². The molecule has 0 saturated carbocycles. The molecule has 0 amide bonds. The number of alkyl halides is 1. The van der Waals surface area contributed by atoms with Crippen LogP contribution in [0.5, 0.6) is 11.5 Å². The minimum Gasteiger partial charge on any atom is -0.497 e. The number of hydrogen-bond acceptors (Lipinski definition) is 3. The van der Waals surface area contributed by atoms with E-state index >= 15 is 0 Å². The number of rotatable bonds is 4. The van der Waals surface area contributed by atoms with Crippen LogP contribution in [0.1, 0.15) is 20.7 Å². The standard InChI is InChI=1S/C14H14BrClO2S/c1-8-6-11(15)14(19-8)13(16)10-7-9(17-2)4-5-12(10)18-3/h4-7,13H,1-3H3. The molecule has 0 saturated heterocycles. The van der Waals surface area contributed by atoms with Crippen molar-refractivity contribution in [2.24, 2.45) is 0 Å². The average molecular weight is 362 g/mol. The Morgan fingerprint density at radius 1 is 1.21 bits per heavy atom. The Hall–Kier alpha value is -0.710. The zero-order valence-corrected chi connectivity index (χ0v) is 14.0. The minimum atomic E-state index is -0.266. The van der Waals surface area contributed by atoms with Crippen LogP contribution in [0, 0.1) is 6.92 Å². The van der Waals surface area contributed by atoms with Gasteiger partial charge in [0.15, 0.2) is 0 Å². The number of ether oxygens (including phenoxy) is 2. The molecular formula is C14H14BrClO2S. The van der Waals surface area contributed by atoms with Gasteiger partial charge in [0, 0.05) is 19.8 Å². The fourth-order valence-corrected chi connectivity index (χ4v) is 4.28. The Morgan fingerprint density at radius 3 is 2.47 bits per heavy atom. The maximum Gasteiger partial charge on any atom is 0.124 e. The smallest absolute Gasteiger partial charge is 0.124 e. The second kappa shape index (κ2) is 6.16. The van der Waals surface area contributed by atoms with Gasteiger partial charge in [-0.15, -0.1) is 22.9 Å². The molecule has 0 aliphatic heterocycles. The van der Waals surface area contributed by atoms with Gasteiger partial charge in [0.1, 0.15) is 11.5 Å². The molecule has 1 unspecified atom stereocenters.